The van der Waals surface area contributed by atoms with Crippen molar-refractivity contribution in [1.82, 2.24) is 10.4 Å². The monoisotopic (exact) mass is 456 g/mol. The summed E-state index contributed by atoms with van der Waals surface area (Å²) < 4.78 is 5.41. The molecule has 7 heteroatoms. The molecule has 0 heterocycles. The van der Waals surface area contributed by atoms with Gasteiger partial charge >= 0.3 is 6.09 Å². The van der Waals surface area contributed by atoms with Gasteiger partial charge in [0.1, 0.15) is 5.60 Å². The van der Waals surface area contributed by atoms with Crippen molar-refractivity contribution >= 4 is 11.8 Å². The fourth-order valence-electron chi connectivity index (χ4n) is 3.58. The third-order valence-corrected chi connectivity index (χ3v) is 5.30. The summed E-state index contributed by atoms with van der Waals surface area (Å²) in [5, 5.41) is 12.5. The van der Waals surface area contributed by atoms with Gasteiger partial charge in [0.2, 0.25) is 0 Å². The number of benzene rings is 2. The molecule has 0 spiro atoms. The third kappa shape index (κ3) is 9.42. The Morgan fingerprint density at radius 3 is 2.18 bits per heavy atom. The van der Waals surface area contributed by atoms with Crippen LogP contribution in [-0.2, 0) is 17.7 Å². The number of hydrogen-bond donors (Lipinski definition) is 3. The lowest BCUT2D eigenvalue weighted by molar-refractivity contribution is 0.0171. The van der Waals surface area contributed by atoms with Crippen LogP contribution in [-0.4, -0.2) is 53.6 Å². The second-order valence-electron chi connectivity index (χ2n) is 9.25. The first-order valence-corrected chi connectivity index (χ1v) is 11.7. The molecule has 182 valence electrons. The largest absolute Gasteiger partial charge is 0.443 e. The van der Waals surface area contributed by atoms with Gasteiger partial charge in [-0.3, -0.25) is 5.43 Å². The molecule has 0 bridgehead atoms. The van der Waals surface area contributed by atoms with Crippen LogP contribution in [0.15, 0.2) is 54.6 Å². The number of ether oxygens (including phenoxy) is 1. The van der Waals surface area contributed by atoms with Crippen molar-refractivity contribution in [3.05, 3.63) is 65.7 Å². The maximum atomic E-state index is 12.4. The van der Waals surface area contributed by atoms with Gasteiger partial charge in [-0.15, -0.1) is 0 Å². The zero-order valence-corrected chi connectivity index (χ0v) is 20.6. The molecular formula is C26H40N4O3. The molecule has 0 saturated carbocycles. The number of nitrogens with one attached hydrogen (secondary N) is 1. The van der Waals surface area contributed by atoms with E-state index in [1.165, 1.54) is 0 Å². The molecule has 2 aromatic carbocycles. The molecule has 0 saturated heterocycles. The molecule has 4 N–H and O–H groups in total. The van der Waals surface area contributed by atoms with Crippen molar-refractivity contribution < 1.29 is 14.6 Å². The zero-order valence-electron chi connectivity index (χ0n) is 20.6. The lowest BCUT2D eigenvalue weighted by Gasteiger charge is -2.30. The van der Waals surface area contributed by atoms with Crippen LogP contribution in [0.3, 0.4) is 0 Å². The molecule has 0 aromatic heterocycles. The number of hydrogen-bond acceptors (Lipinski definition) is 6. The standard InChI is InChI=1S/C26H40N4O3/c1-6-29(7-2)22-15-13-21(14-16-22)18-30(28-25(32)33-26(3,4)5)19-24(31)23(27)17-20-11-9-8-10-12-20/h8-16,23-24,31H,6-7,17-19,27H2,1-5H3,(H,28,32). The highest BCUT2D eigenvalue weighted by atomic mass is 16.6. The normalized spacial score (nSPS) is 13.5. The van der Waals surface area contributed by atoms with E-state index in [4.69, 9.17) is 10.5 Å². The highest BCUT2D eigenvalue weighted by Gasteiger charge is 2.23. The van der Waals surface area contributed by atoms with Gasteiger partial charge in [-0.2, -0.15) is 0 Å². The average Bonchev–Trinajstić information content (AvgIpc) is 2.75. The summed E-state index contributed by atoms with van der Waals surface area (Å²) in [6.07, 6.45) is -0.859. The molecule has 0 aliphatic carbocycles. The van der Waals surface area contributed by atoms with Crippen LogP contribution >= 0.6 is 0 Å². The summed E-state index contributed by atoms with van der Waals surface area (Å²) in [6.45, 7) is 12.2. The maximum absolute atomic E-state index is 12.4. The van der Waals surface area contributed by atoms with E-state index in [1.54, 1.807) is 5.01 Å². The van der Waals surface area contributed by atoms with Gasteiger partial charge in [0.15, 0.2) is 0 Å². The summed E-state index contributed by atoms with van der Waals surface area (Å²) in [4.78, 5) is 14.7. The van der Waals surface area contributed by atoms with Crippen molar-refractivity contribution in [2.75, 3.05) is 24.5 Å². The van der Waals surface area contributed by atoms with E-state index in [-0.39, 0.29) is 6.54 Å². The van der Waals surface area contributed by atoms with Crippen molar-refractivity contribution in [3.63, 3.8) is 0 Å². The highest BCUT2D eigenvalue weighted by Crippen LogP contribution is 2.16. The molecule has 0 radical (unpaired) electrons. The van der Waals surface area contributed by atoms with Crippen LogP contribution in [0.1, 0.15) is 45.7 Å². The Morgan fingerprint density at radius 1 is 1.03 bits per heavy atom. The molecule has 2 aromatic rings. The Balaban J connectivity index is 2.09. The Hall–Kier alpha value is -2.61. The Kier molecular flexibility index (Phi) is 10.2. The van der Waals surface area contributed by atoms with Gasteiger partial charge in [0.25, 0.3) is 0 Å². The molecule has 1 amide bonds. The summed E-state index contributed by atoms with van der Waals surface area (Å²) >= 11 is 0. The lowest BCUT2D eigenvalue weighted by Crippen LogP contribution is -2.51. The number of hydrazine groups is 1. The number of amides is 1. The lowest BCUT2D eigenvalue weighted by atomic mass is 10.0. The van der Waals surface area contributed by atoms with E-state index >= 15 is 0 Å². The number of aliphatic hydroxyl groups is 1. The van der Waals surface area contributed by atoms with Crippen LogP contribution in [0.5, 0.6) is 0 Å². The molecule has 2 unspecified atom stereocenters. The zero-order chi connectivity index (χ0) is 24.4. The minimum Gasteiger partial charge on any atom is -0.443 e. The number of carbonyl (C=O) groups excluding carboxylic acids is 1. The van der Waals surface area contributed by atoms with Gasteiger partial charge in [-0.25, -0.2) is 9.80 Å². The molecule has 0 fully saturated rings. The van der Waals surface area contributed by atoms with Crippen molar-refractivity contribution in [3.8, 4) is 0 Å². The predicted molar refractivity (Wildman–Crippen MR) is 134 cm³/mol. The fraction of sp³-hybridized carbons (Fsp3) is 0.500. The summed E-state index contributed by atoms with van der Waals surface area (Å²) in [5.41, 5.74) is 11.7. The Morgan fingerprint density at radius 2 is 1.64 bits per heavy atom. The van der Waals surface area contributed by atoms with Crippen LogP contribution in [0.25, 0.3) is 0 Å². The fourth-order valence-corrected chi connectivity index (χ4v) is 3.58. The topological polar surface area (TPSA) is 91.1 Å². The second-order valence-corrected chi connectivity index (χ2v) is 9.25. The SMILES string of the molecule is CCN(CC)c1ccc(CN(CC(O)C(N)Cc2ccccc2)NC(=O)OC(C)(C)C)cc1. The van der Waals surface area contributed by atoms with Gasteiger partial charge in [0, 0.05) is 37.9 Å². The van der Waals surface area contributed by atoms with E-state index in [1.807, 2.05) is 63.2 Å². The molecule has 33 heavy (non-hydrogen) atoms. The summed E-state index contributed by atoms with van der Waals surface area (Å²) in [6, 6.07) is 17.6. The van der Waals surface area contributed by atoms with Crippen LogP contribution in [0.2, 0.25) is 0 Å². The van der Waals surface area contributed by atoms with Crippen molar-refractivity contribution in [2.24, 2.45) is 5.73 Å². The van der Waals surface area contributed by atoms with E-state index in [0.717, 1.165) is 29.9 Å². The summed E-state index contributed by atoms with van der Waals surface area (Å²) in [7, 11) is 0. The number of nitrogens with two attached hydrogens (primary N) is 1. The second kappa shape index (κ2) is 12.6. The van der Waals surface area contributed by atoms with Gasteiger partial charge in [-0.1, -0.05) is 42.5 Å². The average molecular weight is 457 g/mol. The molecule has 7 nitrogen and oxygen atoms in total. The van der Waals surface area contributed by atoms with Gasteiger partial charge in [0.05, 0.1) is 6.10 Å². The van der Waals surface area contributed by atoms with Crippen LogP contribution < -0.4 is 16.1 Å². The number of aliphatic hydroxyl groups excluding tert-OH is 1. The Bertz CT molecular complexity index is 833. The minimum atomic E-state index is -0.838. The highest BCUT2D eigenvalue weighted by molar-refractivity contribution is 5.67. The number of nitrogens with zero attached hydrogens (tertiary/aromatic N) is 2. The first-order valence-electron chi connectivity index (χ1n) is 11.7. The van der Waals surface area contributed by atoms with Crippen LogP contribution in [0.4, 0.5) is 10.5 Å². The molecule has 2 rings (SSSR count). The Labute approximate surface area is 198 Å². The number of anilines is 1. The van der Waals surface area contributed by atoms with Crippen LogP contribution in [0, 0.1) is 0 Å². The number of carbonyl (C=O) groups is 1. The minimum absolute atomic E-state index is 0.172. The van der Waals surface area contributed by atoms with Gasteiger partial charge in [-0.05, 0) is 64.3 Å². The third-order valence-electron chi connectivity index (χ3n) is 5.30. The first-order chi connectivity index (χ1) is 15.6. The smallest absolute Gasteiger partial charge is 0.422 e. The molecule has 0 aliphatic heterocycles. The van der Waals surface area contributed by atoms with Crippen molar-refractivity contribution in [2.45, 2.75) is 65.3 Å². The van der Waals surface area contributed by atoms with Crippen molar-refractivity contribution in [1.29, 1.82) is 0 Å². The van der Waals surface area contributed by atoms with E-state index in [0.29, 0.717) is 13.0 Å². The number of rotatable bonds is 11. The first kappa shape index (κ1) is 26.6. The quantitative estimate of drug-likeness (QED) is 0.447. The van der Waals surface area contributed by atoms with E-state index in [2.05, 4.69) is 36.3 Å². The maximum Gasteiger partial charge on any atom is 0.422 e. The molecule has 0 aliphatic rings. The molecule has 2 atom stereocenters. The van der Waals surface area contributed by atoms with E-state index in [9.17, 15) is 9.90 Å². The predicted octanol–water partition coefficient (Wildman–Crippen LogP) is 3.71. The van der Waals surface area contributed by atoms with Gasteiger partial charge < -0.3 is 20.5 Å². The molecular weight excluding hydrogens is 416 g/mol. The van der Waals surface area contributed by atoms with E-state index < -0.39 is 23.8 Å². The summed E-state index contributed by atoms with van der Waals surface area (Å²) in [5.74, 6) is 0.